The molecule has 2 rings (SSSR count). The molecule has 0 spiro atoms. The second-order valence-electron chi connectivity index (χ2n) is 3.96. The summed E-state index contributed by atoms with van der Waals surface area (Å²) in [6.45, 7) is 1.11. The fourth-order valence-electron chi connectivity index (χ4n) is 1.93. The maximum atomic E-state index is 3.52. The van der Waals surface area contributed by atoms with Crippen LogP contribution in [0, 0.1) is 0 Å². The lowest BCUT2D eigenvalue weighted by atomic mass is 10.1. The Morgan fingerprint density at radius 1 is 1.38 bits per heavy atom. The molecule has 0 radical (unpaired) electrons. The average Bonchev–Trinajstić information content (AvgIpc) is 2.44. The van der Waals surface area contributed by atoms with E-state index >= 15 is 0 Å². The molecule has 0 saturated heterocycles. The van der Waals surface area contributed by atoms with E-state index in [1.165, 1.54) is 11.3 Å². The summed E-state index contributed by atoms with van der Waals surface area (Å²) in [6, 6.07) is 9.15. The van der Waals surface area contributed by atoms with E-state index in [0.29, 0.717) is 6.04 Å². The first-order valence-electron chi connectivity index (χ1n) is 4.75. The minimum atomic E-state index is 0.590. The highest BCUT2D eigenvalue weighted by molar-refractivity contribution is 5.56. The highest BCUT2D eigenvalue weighted by Gasteiger charge is 2.19. The second kappa shape index (κ2) is 3.38. The lowest BCUT2D eigenvalue weighted by Gasteiger charge is -2.16. The summed E-state index contributed by atoms with van der Waals surface area (Å²) in [5, 5.41) is 3.52. The summed E-state index contributed by atoms with van der Waals surface area (Å²) < 4.78 is 0. The monoisotopic (exact) mass is 176 g/mol. The fourth-order valence-corrected chi connectivity index (χ4v) is 1.93. The van der Waals surface area contributed by atoms with Crippen LogP contribution in [0.4, 0.5) is 5.69 Å². The molecule has 0 aromatic heterocycles. The van der Waals surface area contributed by atoms with Crippen LogP contribution in [0.1, 0.15) is 5.56 Å². The number of hydrogen-bond acceptors (Lipinski definition) is 2. The quantitative estimate of drug-likeness (QED) is 0.736. The Morgan fingerprint density at radius 2 is 2.15 bits per heavy atom. The van der Waals surface area contributed by atoms with E-state index in [0.717, 1.165) is 13.0 Å². The first-order valence-corrected chi connectivity index (χ1v) is 4.75. The van der Waals surface area contributed by atoms with Crippen molar-refractivity contribution in [2.24, 2.45) is 0 Å². The summed E-state index contributed by atoms with van der Waals surface area (Å²) in [4.78, 5) is 2.23. The number of para-hydroxylation sites is 1. The van der Waals surface area contributed by atoms with E-state index in [2.05, 4.69) is 48.6 Å². The van der Waals surface area contributed by atoms with Gasteiger partial charge in [-0.15, -0.1) is 0 Å². The second-order valence-corrected chi connectivity index (χ2v) is 3.96. The van der Waals surface area contributed by atoms with Crippen molar-refractivity contribution in [2.45, 2.75) is 12.5 Å². The molecule has 1 aliphatic heterocycles. The third-order valence-corrected chi connectivity index (χ3v) is 2.43. The summed E-state index contributed by atoms with van der Waals surface area (Å²) >= 11 is 0. The number of fused-ring (bicyclic) bond motifs is 1. The van der Waals surface area contributed by atoms with E-state index < -0.39 is 0 Å². The Bertz CT molecular complexity index is 269. The Kier molecular flexibility index (Phi) is 2.23. The molecule has 2 heteroatoms. The molecule has 1 aromatic rings. The van der Waals surface area contributed by atoms with Gasteiger partial charge in [-0.05, 0) is 32.1 Å². The molecule has 0 fully saturated rings. The van der Waals surface area contributed by atoms with Gasteiger partial charge in [0.15, 0.2) is 0 Å². The molecule has 0 bridgehead atoms. The van der Waals surface area contributed by atoms with Crippen LogP contribution in [0.25, 0.3) is 0 Å². The van der Waals surface area contributed by atoms with Gasteiger partial charge in [-0.25, -0.2) is 0 Å². The van der Waals surface area contributed by atoms with E-state index in [4.69, 9.17) is 0 Å². The van der Waals surface area contributed by atoms with Crippen molar-refractivity contribution in [3.05, 3.63) is 29.8 Å². The molecule has 70 valence electrons. The van der Waals surface area contributed by atoms with Crippen LogP contribution in [-0.2, 0) is 6.42 Å². The maximum absolute atomic E-state index is 3.52. The fraction of sp³-hybridized carbons (Fsp3) is 0.455. The molecule has 0 saturated carbocycles. The molecule has 0 aliphatic carbocycles. The minimum absolute atomic E-state index is 0.590. The molecule has 1 aliphatic rings. The van der Waals surface area contributed by atoms with Gasteiger partial charge < -0.3 is 10.2 Å². The topological polar surface area (TPSA) is 15.3 Å². The third-order valence-electron chi connectivity index (χ3n) is 2.43. The van der Waals surface area contributed by atoms with Crippen molar-refractivity contribution < 1.29 is 0 Å². The van der Waals surface area contributed by atoms with Crippen molar-refractivity contribution >= 4 is 5.69 Å². The van der Waals surface area contributed by atoms with Gasteiger partial charge in [0.2, 0.25) is 0 Å². The summed E-state index contributed by atoms with van der Waals surface area (Å²) in [5.41, 5.74) is 2.77. The Labute approximate surface area is 79.6 Å². The molecule has 1 N–H and O–H groups in total. The zero-order valence-corrected chi connectivity index (χ0v) is 8.25. The zero-order valence-electron chi connectivity index (χ0n) is 8.25. The van der Waals surface area contributed by atoms with Crippen LogP contribution in [-0.4, -0.2) is 31.6 Å². The van der Waals surface area contributed by atoms with E-state index in [1.54, 1.807) is 0 Å². The van der Waals surface area contributed by atoms with Crippen LogP contribution in [0.2, 0.25) is 0 Å². The largest absolute Gasteiger partial charge is 0.380 e. The molecule has 2 nitrogen and oxygen atoms in total. The summed E-state index contributed by atoms with van der Waals surface area (Å²) in [6.07, 6.45) is 1.16. The highest BCUT2D eigenvalue weighted by atomic mass is 15.1. The first-order chi connectivity index (χ1) is 6.25. The van der Waals surface area contributed by atoms with Gasteiger partial charge in [-0.1, -0.05) is 18.2 Å². The number of anilines is 1. The molecular weight excluding hydrogens is 160 g/mol. The lowest BCUT2D eigenvalue weighted by molar-refractivity contribution is 0.386. The van der Waals surface area contributed by atoms with Gasteiger partial charge in [0.1, 0.15) is 0 Å². The van der Waals surface area contributed by atoms with Crippen LogP contribution < -0.4 is 5.32 Å². The van der Waals surface area contributed by atoms with Crippen LogP contribution in [0.5, 0.6) is 0 Å². The summed E-state index contributed by atoms with van der Waals surface area (Å²) in [7, 11) is 4.23. The molecule has 0 unspecified atom stereocenters. The number of nitrogens with zero attached hydrogens (tertiary/aromatic N) is 1. The standard InChI is InChI=1S/C11H16N2/c1-13(2)8-10-7-9-5-3-4-6-11(9)12-10/h3-6,10,12H,7-8H2,1-2H3/t10-/m0/s1. The third kappa shape index (κ3) is 1.83. The van der Waals surface area contributed by atoms with Gasteiger partial charge in [0.05, 0.1) is 0 Å². The lowest BCUT2D eigenvalue weighted by Crippen LogP contribution is -2.30. The molecule has 1 aromatic carbocycles. The Morgan fingerprint density at radius 3 is 2.85 bits per heavy atom. The molecule has 13 heavy (non-hydrogen) atoms. The van der Waals surface area contributed by atoms with Crippen LogP contribution >= 0.6 is 0 Å². The Hall–Kier alpha value is -1.02. The first kappa shape index (κ1) is 8.57. The SMILES string of the molecule is CN(C)C[C@@H]1Cc2ccccc2N1. The maximum Gasteiger partial charge on any atom is 0.0429 e. The number of hydrogen-bond donors (Lipinski definition) is 1. The molecule has 1 atom stereocenters. The number of likely N-dealkylation sites (N-methyl/N-ethyl adjacent to an activating group) is 1. The number of nitrogens with one attached hydrogen (secondary N) is 1. The van der Waals surface area contributed by atoms with E-state index in [1.807, 2.05) is 0 Å². The van der Waals surface area contributed by atoms with Crippen LogP contribution in [0.15, 0.2) is 24.3 Å². The van der Waals surface area contributed by atoms with Crippen molar-refractivity contribution in [2.75, 3.05) is 26.0 Å². The van der Waals surface area contributed by atoms with Gasteiger partial charge in [0.25, 0.3) is 0 Å². The zero-order chi connectivity index (χ0) is 9.26. The van der Waals surface area contributed by atoms with Crippen molar-refractivity contribution in [3.8, 4) is 0 Å². The van der Waals surface area contributed by atoms with E-state index in [9.17, 15) is 0 Å². The van der Waals surface area contributed by atoms with Gasteiger partial charge in [-0.2, -0.15) is 0 Å². The average molecular weight is 176 g/mol. The van der Waals surface area contributed by atoms with Gasteiger partial charge >= 0.3 is 0 Å². The molecule has 1 heterocycles. The van der Waals surface area contributed by atoms with E-state index in [-0.39, 0.29) is 0 Å². The van der Waals surface area contributed by atoms with Crippen LogP contribution in [0.3, 0.4) is 0 Å². The van der Waals surface area contributed by atoms with Gasteiger partial charge in [0, 0.05) is 18.3 Å². The van der Waals surface area contributed by atoms with Gasteiger partial charge in [-0.3, -0.25) is 0 Å². The van der Waals surface area contributed by atoms with Crippen molar-refractivity contribution in [3.63, 3.8) is 0 Å². The minimum Gasteiger partial charge on any atom is -0.380 e. The summed E-state index contributed by atoms with van der Waals surface area (Å²) in [5.74, 6) is 0. The van der Waals surface area contributed by atoms with Crippen molar-refractivity contribution in [1.82, 2.24) is 4.90 Å². The highest BCUT2D eigenvalue weighted by Crippen LogP contribution is 2.24. The normalized spacial score (nSPS) is 20.1. The number of rotatable bonds is 2. The number of benzene rings is 1. The van der Waals surface area contributed by atoms with Crippen molar-refractivity contribution in [1.29, 1.82) is 0 Å². The Balaban J connectivity index is 2.05. The molecule has 0 amide bonds. The predicted molar refractivity (Wildman–Crippen MR) is 56.1 cm³/mol. The molecular formula is C11H16N2. The smallest absolute Gasteiger partial charge is 0.0429 e. The predicted octanol–water partition coefficient (Wildman–Crippen LogP) is 1.58.